The van der Waals surface area contributed by atoms with Crippen molar-refractivity contribution < 1.29 is 36.7 Å². The molecule has 2 fully saturated rings. The van der Waals surface area contributed by atoms with E-state index in [1.807, 2.05) is 0 Å². The fourth-order valence-corrected chi connectivity index (χ4v) is 4.50. The van der Waals surface area contributed by atoms with Crippen molar-refractivity contribution in [3.63, 3.8) is 0 Å². The normalized spacial score (nSPS) is 17.4. The van der Waals surface area contributed by atoms with Crippen molar-refractivity contribution >= 4 is 23.9 Å². The van der Waals surface area contributed by atoms with E-state index in [0.717, 1.165) is 10.5 Å². The van der Waals surface area contributed by atoms with Crippen molar-refractivity contribution in [3.05, 3.63) is 47.8 Å². The van der Waals surface area contributed by atoms with Gasteiger partial charge in [0.15, 0.2) is 17.6 Å². The highest BCUT2D eigenvalue weighted by Gasteiger charge is 2.38. The molecule has 2 aliphatic heterocycles. The number of carbonyl (C=O) groups excluding carboxylic acids is 3. The van der Waals surface area contributed by atoms with Crippen molar-refractivity contribution in [1.82, 2.24) is 19.2 Å². The highest BCUT2D eigenvalue weighted by Crippen LogP contribution is 2.36. The van der Waals surface area contributed by atoms with Crippen molar-refractivity contribution in [2.45, 2.75) is 25.1 Å². The number of halogens is 3. The Kier molecular flexibility index (Phi) is 5.29. The number of furan rings is 1. The molecular formula is C22H19F3N4O5. The Balaban J connectivity index is 1.49. The molecule has 5 rings (SSSR count). The summed E-state index contributed by atoms with van der Waals surface area (Å²) in [5.74, 6) is -0.633. The first-order valence-corrected chi connectivity index (χ1v) is 10.6. The standard InChI is InChI=1S/C22H19F3N4O5/c23-22(24,25)16-9-14(13-3-7-33-12-13)10-29-17(11-30)18(26-19(16)29)20(31)27-4-1-15(2-5-27)28-6-8-34-21(28)32/h3,7,9-12,15H,1-2,4-6,8H2. The van der Waals surface area contributed by atoms with E-state index in [1.165, 1.54) is 29.7 Å². The van der Waals surface area contributed by atoms with Crippen LogP contribution in [0.5, 0.6) is 0 Å². The number of likely N-dealkylation sites (tertiary alicyclic amines) is 1. The van der Waals surface area contributed by atoms with Crippen LogP contribution >= 0.6 is 0 Å². The van der Waals surface area contributed by atoms with Gasteiger partial charge in [0, 0.05) is 36.5 Å². The fourth-order valence-electron chi connectivity index (χ4n) is 4.50. The van der Waals surface area contributed by atoms with Gasteiger partial charge in [0.05, 0.1) is 24.6 Å². The maximum Gasteiger partial charge on any atom is 0.420 e. The third-order valence-corrected chi connectivity index (χ3v) is 6.22. The fraction of sp³-hybridized carbons (Fsp3) is 0.364. The molecule has 178 valence electrons. The predicted molar refractivity (Wildman–Crippen MR) is 110 cm³/mol. The summed E-state index contributed by atoms with van der Waals surface area (Å²) in [7, 11) is 0. The third-order valence-electron chi connectivity index (χ3n) is 6.22. The van der Waals surface area contributed by atoms with Gasteiger partial charge in [0.1, 0.15) is 12.3 Å². The molecule has 5 heterocycles. The largest absolute Gasteiger partial charge is 0.472 e. The molecule has 0 aromatic carbocycles. The van der Waals surface area contributed by atoms with Crippen LogP contribution in [0.2, 0.25) is 0 Å². The van der Waals surface area contributed by atoms with Gasteiger partial charge < -0.3 is 19.0 Å². The van der Waals surface area contributed by atoms with Crippen LogP contribution in [0, 0.1) is 0 Å². The summed E-state index contributed by atoms with van der Waals surface area (Å²) in [6.07, 6.45) is 0.0870. The van der Waals surface area contributed by atoms with Crippen LogP contribution < -0.4 is 0 Å². The lowest BCUT2D eigenvalue weighted by Gasteiger charge is -2.35. The van der Waals surface area contributed by atoms with Crippen LogP contribution in [-0.4, -0.2) is 69.8 Å². The number of ether oxygens (including phenoxy) is 1. The molecule has 0 saturated carbocycles. The second-order valence-electron chi connectivity index (χ2n) is 8.14. The molecule has 12 heteroatoms. The Hall–Kier alpha value is -3.83. The van der Waals surface area contributed by atoms with E-state index >= 15 is 0 Å². The van der Waals surface area contributed by atoms with Crippen LogP contribution in [0.3, 0.4) is 0 Å². The van der Waals surface area contributed by atoms with Crippen LogP contribution in [0.25, 0.3) is 16.8 Å². The van der Waals surface area contributed by atoms with Crippen LogP contribution in [0.1, 0.15) is 39.4 Å². The zero-order valence-electron chi connectivity index (χ0n) is 17.7. The number of aromatic nitrogens is 2. The van der Waals surface area contributed by atoms with Crippen LogP contribution in [-0.2, 0) is 10.9 Å². The Morgan fingerprint density at radius 2 is 1.94 bits per heavy atom. The number of aldehydes is 1. The van der Waals surface area contributed by atoms with E-state index in [4.69, 9.17) is 9.15 Å². The topological polar surface area (TPSA) is 97.4 Å². The maximum atomic E-state index is 13.9. The number of rotatable bonds is 4. The minimum absolute atomic E-state index is 0.0833. The number of piperidine rings is 1. The summed E-state index contributed by atoms with van der Waals surface area (Å²) in [5.41, 5.74) is -1.66. The predicted octanol–water partition coefficient (Wildman–Crippen LogP) is 3.48. The molecule has 9 nitrogen and oxygen atoms in total. The van der Waals surface area contributed by atoms with Gasteiger partial charge in [0.25, 0.3) is 5.91 Å². The first-order chi connectivity index (χ1) is 16.3. The van der Waals surface area contributed by atoms with Gasteiger partial charge in [-0.2, -0.15) is 13.2 Å². The SMILES string of the molecule is O=Cc1c(C(=O)N2CCC(N3CCOC3=O)CC2)nc2c(C(F)(F)F)cc(-c3ccoc3)cn12. The van der Waals surface area contributed by atoms with E-state index in [-0.39, 0.29) is 42.2 Å². The molecule has 2 aliphatic rings. The molecule has 34 heavy (non-hydrogen) atoms. The average molecular weight is 476 g/mol. The minimum Gasteiger partial charge on any atom is -0.472 e. The molecule has 3 aromatic heterocycles. The van der Waals surface area contributed by atoms with E-state index in [1.54, 1.807) is 4.90 Å². The van der Waals surface area contributed by atoms with Crippen LogP contribution in [0.15, 0.2) is 35.3 Å². The molecule has 2 saturated heterocycles. The molecule has 3 aromatic rings. The van der Waals surface area contributed by atoms with Crippen molar-refractivity contribution in [1.29, 1.82) is 0 Å². The monoisotopic (exact) mass is 476 g/mol. The highest BCUT2D eigenvalue weighted by atomic mass is 19.4. The van der Waals surface area contributed by atoms with Gasteiger partial charge in [-0.05, 0) is 25.0 Å². The maximum absolute atomic E-state index is 13.9. The Labute approximate surface area is 190 Å². The quantitative estimate of drug-likeness (QED) is 0.535. The number of fused-ring (bicyclic) bond motifs is 1. The molecule has 0 bridgehead atoms. The number of amides is 2. The van der Waals surface area contributed by atoms with Gasteiger partial charge in [-0.25, -0.2) is 9.78 Å². The van der Waals surface area contributed by atoms with Gasteiger partial charge in [0.2, 0.25) is 0 Å². The summed E-state index contributed by atoms with van der Waals surface area (Å²) < 4.78 is 52.5. The second kappa shape index (κ2) is 8.19. The summed E-state index contributed by atoms with van der Waals surface area (Å²) in [6, 6.07) is 2.32. The van der Waals surface area contributed by atoms with Crippen LogP contribution in [0.4, 0.5) is 18.0 Å². The lowest BCUT2D eigenvalue weighted by Crippen LogP contribution is -2.47. The average Bonchev–Trinajstić information content (AvgIpc) is 3.56. The molecule has 2 amide bonds. The van der Waals surface area contributed by atoms with E-state index in [2.05, 4.69) is 4.98 Å². The number of nitrogens with zero attached hydrogens (tertiary/aromatic N) is 4. The molecule has 0 radical (unpaired) electrons. The van der Waals surface area contributed by atoms with Crippen molar-refractivity contribution in [2.24, 2.45) is 0 Å². The number of imidazole rings is 1. The minimum atomic E-state index is -4.77. The Bertz CT molecular complexity index is 1260. The lowest BCUT2D eigenvalue weighted by atomic mass is 10.0. The number of alkyl halides is 3. The molecule has 0 spiro atoms. The first-order valence-electron chi connectivity index (χ1n) is 10.6. The highest BCUT2D eigenvalue weighted by molar-refractivity contribution is 6.00. The van der Waals surface area contributed by atoms with E-state index < -0.39 is 23.3 Å². The number of pyridine rings is 1. The summed E-state index contributed by atoms with van der Waals surface area (Å²) >= 11 is 0. The van der Waals surface area contributed by atoms with Gasteiger partial charge in [-0.1, -0.05) is 0 Å². The molecular weight excluding hydrogens is 457 g/mol. The Morgan fingerprint density at radius 1 is 1.18 bits per heavy atom. The molecule has 0 atom stereocenters. The zero-order valence-corrected chi connectivity index (χ0v) is 17.7. The van der Waals surface area contributed by atoms with Crippen molar-refractivity contribution in [2.75, 3.05) is 26.2 Å². The second-order valence-corrected chi connectivity index (χ2v) is 8.14. The first kappa shape index (κ1) is 22.0. The summed E-state index contributed by atoms with van der Waals surface area (Å²) in [6.45, 7) is 1.35. The number of cyclic esters (lactones) is 1. The van der Waals surface area contributed by atoms with E-state index in [0.29, 0.717) is 37.8 Å². The van der Waals surface area contributed by atoms with Gasteiger partial charge >= 0.3 is 12.3 Å². The van der Waals surface area contributed by atoms with Crippen molar-refractivity contribution in [3.8, 4) is 11.1 Å². The summed E-state index contributed by atoms with van der Waals surface area (Å²) in [5, 5.41) is 0. The lowest BCUT2D eigenvalue weighted by molar-refractivity contribution is -0.136. The number of hydrogen-bond acceptors (Lipinski definition) is 6. The van der Waals surface area contributed by atoms with Gasteiger partial charge in [-0.15, -0.1) is 0 Å². The van der Waals surface area contributed by atoms with E-state index in [9.17, 15) is 27.6 Å². The molecule has 0 N–H and O–H groups in total. The molecule has 0 aliphatic carbocycles. The Morgan fingerprint density at radius 3 is 2.53 bits per heavy atom. The zero-order chi connectivity index (χ0) is 24.0. The third kappa shape index (κ3) is 3.68. The number of carbonyl (C=O) groups is 3. The van der Waals surface area contributed by atoms with Gasteiger partial charge in [-0.3, -0.25) is 14.0 Å². The molecule has 0 unspecified atom stereocenters. The number of hydrogen-bond donors (Lipinski definition) is 0. The summed E-state index contributed by atoms with van der Waals surface area (Å²) in [4.78, 5) is 44.0. The smallest absolute Gasteiger partial charge is 0.420 e.